The average Bonchev–Trinajstić information content (AvgIpc) is 2.54. The molecule has 2 heterocycles. The summed E-state index contributed by atoms with van der Waals surface area (Å²) in [5, 5.41) is 6.66. The van der Waals surface area contributed by atoms with Crippen LogP contribution in [-0.2, 0) is 4.74 Å². The van der Waals surface area contributed by atoms with E-state index < -0.39 is 0 Å². The Morgan fingerprint density at radius 2 is 2.24 bits per heavy atom. The van der Waals surface area contributed by atoms with Crippen molar-refractivity contribution in [3.05, 3.63) is 23.8 Å². The van der Waals surface area contributed by atoms with Gasteiger partial charge in [0.15, 0.2) is 0 Å². The van der Waals surface area contributed by atoms with Crippen molar-refractivity contribution in [2.24, 2.45) is 5.92 Å². The number of anilines is 2. The predicted molar refractivity (Wildman–Crippen MR) is 83.9 cm³/mol. The van der Waals surface area contributed by atoms with E-state index in [1.807, 2.05) is 30.1 Å². The molecule has 0 aromatic heterocycles. The molecule has 1 aromatic carbocycles. The molecular weight excluding hydrogens is 266 g/mol. The van der Waals surface area contributed by atoms with Gasteiger partial charge in [0.1, 0.15) is 0 Å². The van der Waals surface area contributed by atoms with Crippen molar-refractivity contribution in [3.63, 3.8) is 0 Å². The van der Waals surface area contributed by atoms with Crippen molar-refractivity contribution >= 4 is 17.3 Å². The maximum Gasteiger partial charge on any atom is 0.255 e. The Morgan fingerprint density at radius 3 is 3.05 bits per heavy atom. The molecule has 0 bridgehead atoms. The Bertz CT molecular complexity index is 512. The maximum atomic E-state index is 12.7. The summed E-state index contributed by atoms with van der Waals surface area (Å²) in [5.41, 5.74) is 2.70. The van der Waals surface area contributed by atoms with Crippen LogP contribution >= 0.6 is 0 Å². The van der Waals surface area contributed by atoms with E-state index >= 15 is 0 Å². The number of para-hydroxylation sites is 1. The van der Waals surface area contributed by atoms with E-state index in [1.54, 1.807) is 0 Å². The largest absolute Gasteiger partial charge is 0.382 e. The molecule has 1 saturated heterocycles. The summed E-state index contributed by atoms with van der Waals surface area (Å²) in [6.07, 6.45) is 2.24. The van der Waals surface area contributed by atoms with Crippen LogP contribution < -0.4 is 10.6 Å². The first-order valence-electron chi connectivity index (χ1n) is 7.69. The second-order valence-corrected chi connectivity index (χ2v) is 5.85. The molecule has 1 fully saturated rings. The van der Waals surface area contributed by atoms with Crippen LogP contribution in [0.3, 0.4) is 0 Å². The fourth-order valence-corrected chi connectivity index (χ4v) is 3.08. The molecule has 1 amide bonds. The van der Waals surface area contributed by atoms with Crippen LogP contribution in [-0.4, -0.2) is 50.7 Å². The summed E-state index contributed by atoms with van der Waals surface area (Å²) in [6.45, 7) is 4.12. The van der Waals surface area contributed by atoms with Gasteiger partial charge in [-0.05, 0) is 30.9 Å². The van der Waals surface area contributed by atoms with Gasteiger partial charge in [0, 0.05) is 33.3 Å². The quantitative estimate of drug-likeness (QED) is 0.894. The molecule has 5 nitrogen and oxygen atoms in total. The second kappa shape index (κ2) is 6.35. The Morgan fingerprint density at radius 1 is 1.38 bits per heavy atom. The number of carbonyl (C=O) groups excluding carboxylic acids is 1. The lowest BCUT2D eigenvalue weighted by molar-refractivity contribution is 0.0389. The van der Waals surface area contributed by atoms with E-state index in [4.69, 9.17) is 4.74 Å². The summed E-state index contributed by atoms with van der Waals surface area (Å²) >= 11 is 0. The van der Waals surface area contributed by atoms with Crippen LogP contribution in [0.1, 0.15) is 23.2 Å². The zero-order valence-corrected chi connectivity index (χ0v) is 12.5. The van der Waals surface area contributed by atoms with Gasteiger partial charge in [0.25, 0.3) is 5.91 Å². The molecule has 1 unspecified atom stereocenters. The molecule has 0 spiro atoms. The van der Waals surface area contributed by atoms with Gasteiger partial charge in [-0.3, -0.25) is 4.79 Å². The minimum absolute atomic E-state index is 0.0774. The van der Waals surface area contributed by atoms with Gasteiger partial charge in [-0.1, -0.05) is 6.07 Å². The van der Waals surface area contributed by atoms with E-state index in [1.165, 1.54) is 0 Å². The number of hydrogen-bond donors (Lipinski definition) is 2. The van der Waals surface area contributed by atoms with Crippen molar-refractivity contribution in [3.8, 4) is 0 Å². The Labute approximate surface area is 125 Å². The maximum absolute atomic E-state index is 12.7. The molecule has 2 N–H and O–H groups in total. The van der Waals surface area contributed by atoms with Gasteiger partial charge in [0.05, 0.1) is 23.5 Å². The third-order valence-electron chi connectivity index (χ3n) is 4.17. The van der Waals surface area contributed by atoms with Crippen LogP contribution in [0.4, 0.5) is 11.4 Å². The number of benzene rings is 1. The van der Waals surface area contributed by atoms with Gasteiger partial charge in [-0.15, -0.1) is 0 Å². The first kappa shape index (κ1) is 14.2. The van der Waals surface area contributed by atoms with E-state index in [-0.39, 0.29) is 5.91 Å². The van der Waals surface area contributed by atoms with Gasteiger partial charge in [0.2, 0.25) is 0 Å². The summed E-state index contributed by atoms with van der Waals surface area (Å²) < 4.78 is 5.50. The number of nitrogens with zero attached hydrogens (tertiary/aromatic N) is 1. The summed E-state index contributed by atoms with van der Waals surface area (Å²) in [6, 6.07) is 5.84. The highest BCUT2D eigenvalue weighted by atomic mass is 16.5. The van der Waals surface area contributed by atoms with E-state index in [0.29, 0.717) is 5.92 Å². The summed E-state index contributed by atoms with van der Waals surface area (Å²) in [5.74, 6) is 0.534. The Kier molecular flexibility index (Phi) is 4.29. The van der Waals surface area contributed by atoms with Gasteiger partial charge in [-0.2, -0.15) is 0 Å². The predicted octanol–water partition coefficient (Wildman–Crippen LogP) is 2.02. The molecule has 1 atom stereocenters. The van der Waals surface area contributed by atoms with Gasteiger partial charge >= 0.3 is 0 Å². The van der Waals surface area contributed by atoms with E-state index in [2.05, 4.69) is 10.6 Å². The molecule has 0 radical (unpaired) electrons. The number of carbonyl (C=O) groups is 1. The molecular formula is C16H23N3O2. The van der Waals surface area contributed by atoms with E-state index in [9.17, 15) is 4.79 Å². The van der Waals surface area contributed by atoms with Gasteiger partial charge < -0.3 is 20.3 Å². The number of nitrogens with one attached hydrogen (secondary N) is 2. The van der Waals surface area contributed by atoms with Crippen molar-refractivity contribution in [2.45, 2.75) is 12.8 Å². The van der Waals surface area contributed by atoms with Crippen molar-refractivity contribution in [1.82, 2.24) is 4.90 Å². The highest BCUT2D eigenvalue weighted by Gasteiger charge is 2.23. The van der Waals surface area contributed by atoms with Crippen LogP contribution in [0.2, 0.25) is 0 Å². The molecule has 2 aliphatic heterocycles. The molecule has 5 heteroatoms. The third kappa shape index (κ3) is 3.13. The fourth-order valence-electron chi connectivity index (χ4n) is 3.08. The molecule has 114 valence electrons. The fraction of sp³-hybridized carbons (Fsp3) is 0.562. The monoisotopic (exact) mass is 289 g/mol. The number of fused-ring (bicyclic) bond motifs is 1. The zero-order valence-electron chi connectivity index (χ0n) is 12.5. The Balaban J connectivity index is 1.72. The lowest BCUT2D eigenvalue weighted by Crippen LogP contribution is -2.36. The summed E-state index contributed by atoms with van der Waals surface area (Å²) in [4.78, 5) is 14.5. The highest BCUT2D eigenvalue weighted by Crippen LogP contribution is 2.29. The summed E-state index contributed by atoms with van der Waals surface area (Å²) in [7, 11) is 1.88. The topological polar surface area (TPSA) is 53.6 Å². The second-order valence-electron chi connectivity index (χ2n) is 5.85. The van der Waals surface area contributed by atoms with E-state index in [0.717, 1.165) is 62.6 Å². The minimum Gasteiger partial charge on any atom is -0.382 e. The van der Waals surface area contributed by atoms with Crippen molar-refractivity contribution < 1.29 is 9.53 Å². The van der Waals surface area contributed by atoms with Crippen molar-refractivity contribution in [2.75, 3.05) is 50.5 Å². The molecule has 3 rings (SSSR count). The number of hydrogen-bond acceptors (Lipinski definition) is 4. The molecule has 2 aliphatic rings. The first-order valence-corrected chi connectivity index (χ1v) is 7.69. The average molecular weight is 289 g/mol. The smallest absolute Gasteiger partial charge is 0.255 e. The molecule has 1 aromatic rings. The highest BCUT2D eigenvalue weighted by molar-refractivity contribution is 6.02. The minimum atomic E-state index is 0.0774. The number of amides is 1. The first-order chi connectivity index (χ1) is 10.3. The van der Waals surface area contributed by atoms with Crippen LogP contribution in [0.15, 0.2) is 18.2 Å². The normalized spacial score (nSPS) is 20.9. The number of ether oxygens (including phenoxy) is 1. The third-order valence-corrected chi connectivity index (χ3v) is 4.17. The SMILES string of the molecule is CN(CC1CCCOC1)C(=O)c1cccc2c1NCCN2. The van der Waals surface area contributed by atoms with Crippen molar-refractivity contribution in [1.29, 1.82) is 0 Å². The lowest BCUT2D eigenvalue weighted by atomic mass is 10.0. The zero-order chi connectivity index (χ0) is 14.7. The lowest BCUT2D eigenvalue weighted by Gasteiger charge is -2.28. The van der Waals surface area contributed by atoms with Crippen LogP contribution in [0.5, 0.6) is 0 Å². The molecule has 0 aliphatic carbocycles. The Hall–Kier alpha value is -1.75. The van der Waals surface area contributed by atoms with Crippen LogP contribution in [0.25, 0.3) is 0 Å². The standard InChI is InChI=1S/C16H23N3O2/c1-19(10-12-4-3-9-21-11-12)16(20)13-5-2-6-14-15(13)18-8-7-17-14/h2,5-6,12,17-18H,3-4,7-11H2,1H3. The van der Waals surface area contributed by atoms with Crippen LogP contribution in [0, 0.1) is 5.92 Å². The molecule has 0 saturated carbocycles. The number of rotatable bonds is 3. The molecule has 21 heavy (non-hydrogen) atoms. The van der Waals surface area contributed by atoms with Gasteiger partial charge in [-0.25, -0.2) is 0 Å².